The third-order valence-corrected chi connectivity index (χ3v) is 3.60. The van der Waals surface area contributed by atoms with E-state index in [0.29, 0.717) is 26.1 Å². The van der Waals surface area contributed by atoms with Crippen molar-refractivity contribution in [3.63, 3.8) is 0 Å². The topological polar surface area (TPSA) is 52.6 Å². The summed E-state index contributed by atoms with van der Waals surface area (Å²) >= 11 is 0. The van der Waals surface area contributed by atoms with E-state index in [1.54, 1.807) is 6.92 Å². The highest BCUT2D eigenvalue weighted by Gasteiger charge is 2.45. The molecule has 2 atom stereocenters. The summed E-state index contributed by atoms with van der Waals surface area (Å²) < 4.78 is 11.0. The first-order chi connectivity index (χ1) is 9.97. The van der Waals surface area contributed by atoms with E-state index in [1.807, 2.05) is 20.8 Å². The third kappa shape index (κ3) is 6.16. The average Bonchev–Trinajstić information content (AvgIpc) is 2.48. The Labute approximate surface area is 129 Å². The molecule has 0 fully saturated rings. The van der Waals surface area contributed by atoms with Crippen molar-refractivity contribution in [2.45, 2.75) is 71.8 Å². The van der Waals surface area contributed by atoms with Gasteiger partial charge in [-0.05, 0) is 32.6 Å². The van der Waals surface area contributed by atoms with Gasteiger partial charge >= 0.3 is 5.97 Å². The number of unbranched alkanes of at least 4 members (excludes halogenated alkanes) is 1. The van der Waals surface area contributed by atoms with Crippen molar-refractivity contribution < 1.29 is 19.1 Å². The lowest BCUT2D eigenvalue weighted by atomic mass is 9.81. The maximum atomic E-state index is 12.5. The summed E-state index contributed by atoms with van der Waals surface area (Å²) in [6.07, 6.45) is 4.01. The Balaban J connectivity index is 5.12. The Morgan fingerprint density at radius 1 is 1.10 bits per heavy atom. The van der Waals surface area contributed by atoms with Crippen LogP contribution in [0.5, 0.6) is 0 Å². The van der Waals surface area contributed by atoms with Crippen LogP contribution in [0.4, 0.5) is 0 Å². The second-order valence-electron chi connectivity index (χ2n) is 5.49. The predicted octanol–water partition coefficient (Wildman–Crippen LogP) is 3.72. The zero-order valence-electron chi connectivity index (χ0n) is 14.1. The first-order valence-corrected chi connectivity index (χ1v) is 8.10. The maximum Gasteiger partial charge on any atom is 0.312 e. The van der Waals surface area contributed by atoms with Gasteiger partial charge in [-0.25, -0.2) is 0 Å². The molecule has 0 saturated heterocycles. The molecule has 0 amide bonds. The van der Waals surface area contributed by atoms with Crippen LogP contribution in [0.25, 0.3) is 0 Å². The van der Waals surface area contributed by atoms with Gasteiger partial charge in [-0.3, -0.25) is 9.59 Å². The number of ketones is 1. The van der Waals surface area contributed by atoms with Crippen molar-refractivity contribution in [1.29, 1.82) is 0 Å². The Kier molecular flexibility index (Phi) is 10.3. The maximum absolute atomic E-state index is 12.5. The molecule has 0 aromatic heterocycles. The molecule has 4 nitrogen and oxygen atoms in total. The molecule has 2 unspecified atom stereocenters. The van der Waals surface area contributed by atoms with E-state index < -0.39 is 11.5 Å². The van der Waals surface area contributed by atoms with Crippen molar-refractivity contribution in [1.82, 2.24) is 0 Å². The molecule has 0 bridgehead atoms. The lowest BCUT2D eigenvalue weighted by Gasteiger charge is -2.34. The van der Waals surface area contributed by atoms with E-state index in [1.165, 1.54) is 0 Å². The zero-order chi connectivity index (χ0) is 16.3. The molecule has 0 saturated carbocycles. The van der Waals surface area contributed by atoms with Crippen molar-refractivity contribution in [3.05, 3.63) is 6.92 Å². The number of esters is 1. The van der Waals surface area contributed by atoms with Gasteiger partial charge in [-0.2, -0.15) is 0 Å². The highest BCUT2D eigenvalue weighted by atomic mass is 16.5. The summed E-state index contributed by atoms with van der Waals surface area (Å²) in [5.74, 6) is -1.05. The van der Waals surface area contributed by atoms with E-state index >= 15 is 0 Å². The number of hydrogen-bond acceptors (Lipinski definition) is 4. The monoisotopic (exact) mass is 299 g/mol. The van der Waals surface area contributed by atoms with Gasteiger partial charge in [0.2, 0.25) is 0 Å². The largest absolute Gasteiger partial charge is 0.465 e. The van der Waals surface area contributed by atoms with Gasteiger partial charge in [-0.1, -0.05) is 34.1 Å². The van der Waals surface area contributed by atoms with Gasteiger partial charge in [0.05, 0.1) is 12.5 Å². The molecule has 0 aromatic rings. The van der Waals surface area contributed by atoms with Crippen molar-refractivity contribution in [2.24, 2.45) is 5.92 Å². The SMILES string of the molecule is [CH2]CC(C(=O)OCCC)C(C)(OCCC)C(=O)CCCC. The molecule has 123 valence electrons. The fraction of sp³-hybridized carbons (Fsp3) is 0.824. The van der Waals surface area contributed by atoms with Gasteiger partial charge in [0.15, 0.2) is 5.78 Å². The summed E-state index contributed by atoms with van der Waals surface area (Å²) in [4.78, 5) is 24.8. The van der Waals surface area contributed by atoms with Gasteiger partial charge in [0, 0.05) is 13.0 Å². The summed E-state index contributed by atoms with van der Waals surface area (Å²) in [7, 11) is 0. The molecule has 0 aromatic carbocycles. The number of carbonyl (C=O) groups excluding carboxylic acids is 2. The van der Waals surface area contributed by atoms with Crippen LogP contribution in [-0.4, -0.2) is 30.6 Å². The first-order valence-electron chi connectivity index (χ1n) is 8.10. The molecule has 0 heterocycles. The lowest BCUT2D eigenvalue weighted by Crippen LogP contribution is -2.49. The normalized spacial score (nSPS) is 15.3. The molecule has 0 spiro atoms. The number of Topliss-reactive ketones (excluding diaryl/α,β-unsaturated/α-hetero) is 1. The Hall–Kier alpha value is -0.900. The standard InChI is InChI=1S/C17H31O4/c1-6-10-11-15(18)17(5,21-13-8-3)14(9-4)16(19)20-12-7-2/h14H,4,6-13H2,1-3,5H3. The second kappa shape index (κ2) is 10.8. The Bertz CT molecular complexity index is 314. The molecular formula is C17H31O4. The molecule has 4 heteroatoms. The number of hydrogen-bond donors (Lipinski definition) is 0. The van der Waals surface area contributed by atoms with Crippen LogP contribution in [0.15, 0.2) is 0 Å². The van der Waals surface area contributed by atoms with E-state index in [0.717, 1.165) is 25.7 Å². The van der Waals surface area contributed by atoms with Gasteiger partial charge in [0.25, 0.3) is 0 Å². The second-order valence-corrected chi connectivity index (χ2v) is 5.49. The molecule has 0 aliphatic heterocycles. The zero-order valence-corrected chi connectivity index (χ0v) is 14.1. The third-order valence-electron chi connectivity index (χ3n) is 3.60. The van der Waals surface area contributed by atoms with E-state index in [4.69, 9.17) is 9.47 Å². The molecule has 0 aliphatic carbocycles. The van der Waals surface area contributed by atoms with Gasteiger partial charge in [0.1, 0.15) is 5.60 Å². The molecule has 0 aliphatic rings. The molecule has 0 N–H and O–H groups in total. The van der Waals surface area contributed by atoms with Crippen LogP contribution in [0.1, 0.15) is 66.2 Å². The van der Waals surface area contributed by atoms with E-state index in [-0.39, 0.29) is 11.8 Å². The summed E-state index contributed by atoms with van der Waals surface area (Å²) in [5.41, 5.74) is -1.13. The molecule has 0 rings (SSSR count). The Morgan fingerprint density at radius 3 is 2.19 bits per heavy atom. The highest BCUT2D eigenvalue weighted by Crippen LogP contribution is 2.29. The van der Waals surface area contributed by atoms with Crippen molar-refractivity contribution >= 4 is 11.8 Å². The van der Waals surface area contributed by atoms with Crippen LogP contribution in [0, 0.1) is 12.8 Å². The summed E-state index contributed by atoms with van der Waals surface area (Å²) in [6, 6.07) is 0. The fourth-order valence-corrected chi connectivity index (χ4v) is 2.20. The van der Waals surface area contributed by atoms with Gasteiger partial charge < -0.3 is 9.47 Å². The van der Waals surface area contributed by atoms with Crippen molar-refractivity contribution in [3.8, 4) is 0 Å². The van der Waals surface area contributed by atoms with Gasteiger partial charge in [-0.15, -0.1) is 0 Å². The number of ether oxygens (including phenoxy) is 2. The molecule has 1 radical (unpaired) electrons. The predicted molar refractivity (Wildman–Crippen MR) is 83.9 cm³/mol. The lowest BCUT2D eigenvalue weighted by molar-refractivity contribution is -0.170. The highest BCUT2D eigenvalue weighted by molar-refractivity contribution is 5.92. The minimum absolute atomic E-state index is 0.0279. The number of carbonyl (C=O) groups is 2. The van der Waals surface area contributed by atoms with Crippen LogP contribution in [-0.2, 0) is 19.1 Å². The summed E-state index contributed by atoms with van der Waals surface area (Å²) in [6.45, 7) is 12.3. The first kappa shape index (κ1) is 20.1. The number of rotatable bonds is 12. The molecular weight excluding hydrogens is 268 g/mol. The molecule has 21 heavy (non-hydrogen) atoms. The average molecular weight is 299 g/mol. The summed E-state index contributed by atoms with van der Waals surface area (Å²) in [5, 5.41) is 0. The Morgan fingerprint density at radius 2 is 1.71 bits per heavy atom. The smallest absolute Gasteiger partial charge is 0.312 e. The minimum Gasteiger partial charge on any atom is -0.465 e. The van der Waals surface area contributed by atoms with Crippen LogP contribution in [0.2, 0.25) is 0 Å². The van der Waals surface area contributed by atoms with Crippen LogP contribution in [0.3, 0.4) is 0 Å². The van der Waals surface area contributed by atoms with E-state index in [9.17, 15) is 9.59 Å². The van der Waals surface area contributed by atoms with E-state index in [2.05, 4.69) is 6.92 Å². The van der Waals surface area contributed by atoms with Crippen LogP contribution >= 0.6 is 0 Å². The van der Waals surface area contributed by atoms with Crippen molar-refractivity contribution in [2.75, 3.05) is 13.2 Å². The minimum atomic E-state index is -1.13. The van der Waals surface area contributed by atoms with Crippen LogP contribution < -0.4 is 0 Å². The quantitative estimate of drug-likeness (QED) is 0.515. The fourth-order valence-electron chi connectivity index (χ4n) is 2.20.